The third-order valence-electron chi connectivity index (χ3n) is 2.66. The minimum absolute atomic E-state index is 0. The van der Waals surface area contributed by atoms with Gasteiger partial charge in [-0.05, 0) is 19.1 Å². The first-order valence-corrected chi connectivity index (χ1v) is 6.14. The predicted molar refractivity (Wildman–Crippen MR) is 79.4 cm³/mol. The van der Waals surface area contributed by atoms with Crippen LogP contribution >= 0.6 is 12.4 Å². The van der Waals surface area contributed by atoms with Crippen LogP contribution in [0.15, 0.2) is 12.1 Å². The van der Waals surface area contributed by atoms with Gasteiger partial charge in [0.1, 0.15) is 0 Å². The van der Waals surface area contributed by atoms with Crippen molar-refractivity contribution in [3.63, 3.8) is 0 Å². The van der Waals surface area contributed by atoms with Crippen LogP contribution in [-0.2, 0) is 0 Å². The molecule has 1 amide bonds. The zero-order valence-electron chi connectivity index (χ0n) is 12.4. The zero-order chi connectivity index (χ0) is 16.0. The van der Waals surface area contributed by atoms with E-state index >= 15 is 0 Å². The van der Waals surface area contributed by atoms with Crippen molar-refractivity contribution in [1.82, 2.24) is 5.32 Å². The van der Waals surface area contributed by atoms with E-state index in [-0.39, 0.29) is 47.8 Å². The van der Waals surface area contributed by atoms with Crippen LogP contribution in [0.5, 0.6) is 17.2 Å². The lowest BCUT2D eigenvalue weighted by Gasteiger charge is -2.16. The van der Waals surface area contributed by atoms with Crippen LogP contribution in [0.25, 0.3) is 0 Å². The van der Waals surface area contributed by atoms with Gasteiger partial charge in [0.05, 0.1) is 14.2 Å². The predicted octanol–water partition coefficient (Wildman–Crippen LogP) is 1.80. The number of benzene rings is 1. The Balaban J connectivity index is 0.00000441. The number of ether oxygens (including phenoxy) is 3. The molecule has 1 aromatic carbocycles. The third-order valence-corrected chi connectivity index (χ3v) is 2.66. The Kier molecular flexibility index (Phi) is 8.51. The number of hydrogen-bond donors (Lipinski definition) is 2. The van der Waals surface area contributed by atoms with E-state index in [1.807, 2.05) is 0 Å². The van der Waals surface area contributed by atoms with E-state index in [1.165, 1.54) is 26.4 Å². The summed E-state index contributed by atoms with van der Waals surface area (Å²) >= 11 is 0. The molecule has 0 spiro atoms. The molecular weight excluding hydrogens is 322 g/mol. The summed E-state index contributed by atoms with van der Waals surface area (Å²) in [5, 5.41) is 2.64. The fraction of sp³-hybridized carbons (Fsp3) is 0.462. The van der Waals surface area contributed by atoms with Crippen molar-refractivity contribution in [2.45, 2.75) is 19.6 Å². The average molecular weight is 341 g/mol. The van der Waals surface area contributed by atoms with Crippen molar-refractivity contribution in [2.24, 2.45) is 5.73 Å². The van der Waals surface area contributed by atoms with Gasteiger partial charge in [-0.15, -0.1) is 12.4 Å². The molecule has 0 radical (unpaired) electrons. The number of nitrogens with two attached hydrogens (primary N) is 1. The van der Waals surface area contributed by atoms with E-state index in [1.54, 1.807) is 6.92 Å². The summed E-state index contributed by atoms with van der Waals surface area (Å²) in [6.07, 6.45) is 0. The van der Waals surface area contributed by atoms with Crippen LogP contribution < -0.4 is 25.3 Å². The highest BCUT2D eigenvalue weighted by Crippen LogP contribution is 2.39. The van der Waals surface area contributed by atoms with Gasteiger partial charge in [-0.25, -0.2) is 0 Å². The molecule has 6 nitrogen and oxygen atoms in total. The van der Waals surface area contributed by atoms with Gasteiger partial charge in [-0.1, -0.05) is 0 Å². The maximum absolute atomic E-state index is 12.4. The number of carbonyl (C=O) groups is 1. The standard InChI is InChI=1S/C13H18F2N2O4.ClH/c1-7(6-16)17-12(18)8-4-9(19-2)11(21-13(14)15)10(5-8)20-3;/h4-5,7,13H,6,16H2,1-3H3,(H,17,18);1H/t7-;/m0./s1. The molecule has 0 saturated heterocycles. The monoisotopic (exact) mass is 340 g/mol. The summed E-state index contributed by atoms with van der Waals surface area (Å²) in [7, 11) is 2.55. The molecule has 0 aromatic heterocycles. The average Bonchev–Trinajstić information content (AvgIpc) is 2.46. The Hall–Kier alpha value is -1.80. The van der Waals surface area contributed by atoms with Gasteiger partial charge in [0.15, 0.2) is 11.5 Å². The molecule has 0 aliphatic rings. The molecule has 0 aliphatic carbocycles. The number of methoxy groups -OCH3 is 2. The van der Waals surface area contributed by atoms with Crippen LogP contribution in [-0.4, -0.2) is 39.3 Å². The molecule has 1 rings (SSSR count). The van der Waals surface area contributed by atoms with Gasteiger partial charge in [0, 0.05) is 18.2 Å². The van der Waals surface area contributed by atoms with Crippen LogP contribution in [0, 0.1) is 0 Å². The van der Waals surface area contributed by atoms with Crippen molar-refractivity contribution in [3.05, 3.63) is 17.7 Å². The Morgan fingerprint density at radius 2 is 1.77 bits per heavy atom. The number of hydrogen-bond acceptors (Lipinski definition) is 5. The highest BCUT2D eigenvalue weighted by molar-refractivity contribution is 5.95. The lowest BCUT2D eigenvalue weighted by Crippen LogP contribution is -2.37. The highest BCUT2D eigenvalue weighted by atomic mass is 35.5. The van der Waals surface area contributed by atoms with Gasteiger partial charge >= 0.3 is 6.61 Å². The first-order chi connectivity index (χ1) is 9.92. The van der Waals surface area contributed by atoms with E-state index in [0.717, 1.165) is 0 Å². The quantitative estimate of drug-likeness (QED) is 0.791. The largest absolute Gasteiger partial charge is 0.493 e. The van der Waals surface area contributed by atoms with E-state index < -0.39 is 12.5 Å². The first kappa shape index (κ1) is 20.2. The SMILES string of the molecule is COc1cc(C(=O)N[C@@H](C)CN)cc(OC)c1OC(F)F.Cl. The number of nitrogens with one attached hydrogen (secondary N) is 1. The van der Waals surface area contributed by atoms with Crippen molar-refractivity contribution < 1.29 is 27.8 Å². The fourth-order valence-corrected chi connectivity index (χ4v) is 1.58. The number of alkyl halides is 2. The van der Waals surface area contributed by atoms with Crippen molar-refractivity contribution in [1.29, 1.82) is 0 Å². The summed E-state index contributed by atoms with van der Waals surface area (Å²) in [4.78, 5) is 12.0. The van der Waals surface area contributed by atoms with E-state index in [2.05, 4.69) is 10.1 Å². The second kappa shape index (κ2) is 9.26. The third kappa shape index (κ3) is 5.19. The normalized spacial score (nSPS) is 11.4. The lowest BCUT2D eigenvalue weighted by atomic mass is 10.1. The highest BCUT2D eigenvalue weighted by Gasteiger charge is 2.20. The molecule has 1 aromatic rings. The summed E-state index contributed by atoms with van der Waals surface area (Å²) in [6, 6.07) is 2.35. The molecule has 0 fully saturated rings. The number of rotatable bonds is 7. The summed E-state index contributed by atoms with van der Waals surface area (Å²) in [5.41, 5.74) is 5.61. The molecule has 1 atom stereocenters. The molecule has 0 aliphatic heterocycles. The second-order valence-corrected chi connectivity index (χ2v) is 4.20. The second-order valence-electron chi connectivity index (χ2n) is 4.20. The van der Waals surface area contributed by atoms with E-state index in [4.69, 9.17) is 15.2 Å². The molecule has 126 valence electrons. The molecule has 0 unspecified atom stereocenters. The maximum atomic E-state index is 12.4. The number of carbonyl (C=O) groups excluding carboxylic acids is 1. The molecule has 0 bridgehead atoms. The van der Waals surface area contributed by atoms with Crippen molar-refractivity contribution in [2.75, 3.05) is 20.8 Å². The summed E-state index contributed by atoms with van der Waals surface area (Å²) in [5.74, 6) is -0.744. The Morgan fingerprint density at radius 3 is 2.14 bits per heavy atom. The number of halogens is 3. The zero-order valence-corrected chi connectivity index (χ0v) is 13.2. The van der Waals surface area contributed by atoms with Crippen LogP contribution in [0.4, 0.5) is 8.78 Å². The van der Waals surface area contributed by atoms with E-state index in [9.17, 15) is 13.6 Å². The van der Waals surface area contributed by atoms with Crippen LogP contribution in [0.1, 0.15) is 17.3 Å². The van der Waals surface area contributed by atoms with Crippen molar-refractivity contribution >= 4 is 18.3 Å². The smallest absolute Gasteiger partial charge is 0.387 e. The molecule has 3 N–H and O–H groups in total. The lowest BCUT2D eigenvalue weighted by molar-refractivity contribution is -0.0526. The van der Waals surface area contributed by atoms with Crippen LogP contribution in [0.2, 0.25) is 0 Å². The van der Waals surface area contributed by atoms with E-state index in [0.29, 0.717) is 0 Å². The summed E-state index contributed by atoms with van der Waals surface area (Å²) in [6.45, 7) is -1.03. The van der Waals surface area contributed by atoms with Gasteiger partial charge in [-0.2, -0.15) is 8.78 Å². The fourth-order valence-electron chi connectivity index (χ4n) is 1.58. The topological polar surface area (TPSA) is 82.8 Å². The first-order valence-electron chi connectivity index (χ1n) is 6.14. The van der Waals surface area contributed by atoms with Crippen LogP contribution in [0.3, 0.4) is 0 Å². The van der Waals surface area contributed by atoms with Gasteiger partial charge < -0.3 is 25.3 Å². The Labute approximate surface area is 133 Å². The maximum Gasteiger partial charge on any atom is 0.387 e. The Bertz CT molecular complexity index is 478. The van der Waals surface area contributed by atoms with Crippen molar-refractivity contribution in [3.8, 4) is 17.2 Å². The Morgan fingerprint density at radius 1 is 1.27 bits per heavy atom. The summed E-state index contributed by atoms with van der Waals surface area (Å²) < 4.78 is 39.1. The van der Waals surface area contributed by atoms with Gasteiger partial charge in [-0.3, -0.25) is 4.79 Å². The van der Waals surface area contributed by atoms with Gasteiger partial charge in [0.25, 0.3) is 5.91 Å². The molecule has 9 heteroatoms. The molecule has 22 heavy (non-hydrogen) atoms. The minimum Gasteiger partial charge on any atom is -0.493 e. The molecule has 0 saturated carbocycles. The number of amides is 1. The molecule has 0 heterocycles. The van der Waals surface area contributed by atoms with Gasteiger partial charge in [0.2, 0.25) is 5.75 Å². The minimum atomic E-state index is -3.04. The molecular formula is C13H19ClF2N2O4.